The summed E-state index contributed by atoms with van der Waals surface area (Å²) in [5, 5.41) is 10.6. The molecule has 17 nitrogen and oxygen atoms in total. The predicted molar refractivity (Wildman–Crippen MR) is 395 cm³/mol. The molecule has 0 saturated heterocycles. The van der Waals surface area contributed by atoms with Crippen LogP contribution in [0.25, 0.3) is 0 Å². The largest absolute Gasteiger partial charge is 0.472 e. The minimum Gasteiger partial charge on any atom is -0.462 e. The molecule has 576 valence electrons. The van der Waals surface area contributed by atoms with E-state index in [9.17, 15) is 43.2 Å². The first-order valence-corrected chi connectivity index (χ1v) is 43.8. The summed E-state index contributed by atoms with van der Waals surface area (Å²) >= 11 is 0. The van der Waals surface area contributed by atoms with Gasteiger partial charge in [0.25, 0.3) is 0 Å². The molecule has 3 N–H and O–H groups in total. The standard InChI is InChI=1S/C78H152O17P2/c1-5-9-13-17-21-25-28-31-33-34-35-36-37-38-40-43-46-49-53-57-61-65-78(83)95-74(69-89-76(81)63-59-55-51-47-44-42-39-32-29-26-22-18-14-10-6-2)71-93-97(86,87)91-67-72(79)66-90-96(84,85)92-70-73(68-88-75(80)62-58-54-50-24-20-16-12-8-4)94-77(82)64-60-56-52-48-45-41-30-27-23-19-15-11-7-3/h72-74,79H,5-71H2,1-4H3,(H,84,85)(H,86,87)/t72-,73+,74+/m0/s1. The molecule has 5 atom stereocenters. The van der Waals surface area contributed by atoms with E-state index in [-0.39, 0.29) is 25.7 Å². The van der Waals surface area contributed by atoms with Gasteiger partial charge >= 0.3 is 39.5 Å². The number of unbranched alkanes of at least 4 members (excludes halogenated alkanes) is 53. The molecular formula is C78H152O17P2. The fraction of sp³-hybridized carbons (Fsp3) is 0.949. The highest BCUT2D eigenvalue weighted by Crippen LogP contribution is 2.45. The Morgan fingerprint density at radius 3 is 0.608 bits per heavy atom. The summed E-state index contributed by atoms with van der Waals surface area (Å²) in [6.07, 6.45) is 63.9. The zero-order chi connectivity index (χ0) is 71.1. The van der Waals surface area contributed by atoms with Gasteiger partial charge in [-0.3, -0.25) is 37.3 Å². The number of ether oxygens (including phenoxy) is 4. The molecule has 0 spiro atoms. The molecule has 0 amide bonds. The summed E-state index contributed by atoms with van der Waals surface area (Å²) in [5.41, 5.74) is 0. The molecule has 0 aliphatic heterocycles. The Morgan fingerprint density at radius 1 is 0.247 bits per heavy atom. The van der Waals surface area contributed by atoms with Gasteiger partial charge in [-0.05, 0) is 25.7 Å². The Kier molecular flexibility index (Phi) is 71.0. The Labute approximate surface area is 594 Å². The highest BCUT2D eigenvalue weighted by Gasteiger charge is 2.30. The Balaban J connectivity index is 5.18. The second-order valence-corrected chi connectivity index (χ2v) is 31.0. The van der Waals surface area contributed by atoms with E-state index in [4.69, 9.17) is 37.0 Å². The highest BCUT2D eigenvalue weighted by molar-refractivity contribution is 7.47. The molecule has 0 saturated carbocycles. The lowest BCUT2D eigenvalue weighted by molar-refractivity contribution is -0.161. The monoisotopic (exact) mass is 1420 g/mol. The molecule has 2 unspecified atom stereocenters. The molecule has 19 heteroatoms. The molecule has 0 fully saturated rings. The summed E-state index contributed by atoms with van der Waals surface area (Å²) in [6, 6.07) is 0. The molecule has 0 aliphatic rings. The molecule has 0 aromatic carbocycles. The number of phosphoric acid groups is 2. The van der Waals surface area contributed by atoms with Crippen LogP contribution >= 0.6 is 15.6 Å². The van der Waals surface area contributed by atoms with Gasteiger partial charge in [-0.2, -0.15) is 0 Å². The van der Waals surface area contributed by atoms with Gasteiger partial charge in [-0.15, -0.1) is 0 Å². The van der Waals surface area contributed by atoms with Crippen LogP contribution in [0, 0.1) is 0 Å². The first-order valence-electron chi connectivity index (χ1n) is 40.8. The van der Waals surface area contributed by atoms with Crippen molar-refractivity contribution in [1.29, 1.82) is 0 Å². The van der Waals surface area contributed by atoms with Crippen molar-refractivity contribution in [3.8, 4) is 0 Å². The number of aliphatic hydroxyl groups is 1. The van der Waals surface area contributed by atoms with Crippen LogP contribution < -0.4 is 0 Å². The summed E-state index contributed by atoms with van der Waals surface area (Å²) < 4.78 is 68.5. The van der Waals surface area contributed by atoms with Crippen LogP contribution in [0.1, 0.15) is 419 Å². The fourth-order valence-corrected chi connectivity index (χ4v) is 13.7. The summed E-state index contributed by atoms with van der Waals surface area (Å²) in [4.78, 5) is 72.8. The van der Waals surface area contributed by atoms with Crippen molar-refractivity contribution in [3.05, 3.63) is 0 Å². The van der Waals surface area contributed by atoms with E-state index in [2.05, 4.69) is 27.7 Å². The average molecular weight is 1420 g/mol. The highest BCUT2D eigenvalue weighted by atomic mass is 31.2. The van der Waals surface area contributed by atoms with E-state index in [0.717, 1.165) is 89.9 Å². The maximum atomic E-state index is 13.1. The molecule has 0 bridgehead atoms. The molecular weight excluding hydrogens is 1270 g/mol. The number of hydrogen-bond acceptors (Lipinski definition) is 15. The summed E-state index contributed by atoms with van der Waals surface area (Å²) in [7, 11) is -9.91. The minimum atomic E-state index is -4.96. The van der Waals surface area contributed by atoms with E-state index in [1.807, 2.05) is 0 Å². The number of rotatable bonds is 79. The molecule has 0 aromatic rings. The molecule has 0 heterocycles. The Hall–Kier alpha value is -1.94. The van der Waals surface area contributed by atoms with Gasteiger partial charge in [0.15, 0.2) is 12.2 Å². The third kappa shape index (κ3) is 72.2. The molecule has 0 aliphatic carbocycles. The maximum Gasteiger partial charge on any atom is 0.472 e. The van der Waals surface area contributed by atoms with Crippen LogP contribution in [-0.2, 0) is 65.4 Å². The van der Waals surface area contributed by atoms with Crippen LogP contribution in [0.3, 0.4) is 0 Å². The van der Waals surface area contributed by atoms with Gasteiger partial charge in [0.1, 0.15) is 19.3 Å². The topological polar surface area (TPSA) is 237 Å². The lowest BCUT2D eigenvalue weighted by Crippen LogP contribution is -2.30. The number of aliphatic hydroxyl groups excluding tert-OH is 1. The summed E-state index contributed by atoms with van der Waals surface area (Å²) in [6.45, 7) is 4.98. The van der Waals surface area contributed by atoms with Gasteiger partial charge in [-0.25, -0.2) is 9.13 Å². The summed E-state index contributed by atoms with van der Waals surface area (Å²) in [5.74, 6) is -2.11. The first kappa shape index (κ1) is 95.1. The average Bonchev–Trinajstić information content (AvgIpc) is 0.981. The van der Waals surface area contributed by atoms with Gasteiger partial charge in [0.2, 0.25) is 0 Å². The smallest absolute Gasteiger partial charge is 0.462 e. The first-order chi connectivity index (χ1) is 47.2. The van der Waals surface area contributed by atoms with Crippen molar-refractivity contribution in [2.75, 3.05) is 39.6 Å². The van der Waals surface area contributed by atoms with E-state index < -0.39 is 97.5 Å². The van der Waals surface area contributed by atoms with Gasteiger partial charge in [0, 0.05) is 25.7 Å². The van der Waals surface area contributed by atoms with E-state index in [1.54, 1.807) is 0 Å². The van der Waals surface area contributed by atoms with E-state index >= 15 is 0 Å². The van der Waals surface area contributed by atoms with Crippen LogP contribution in [0.15, 0.2) is 0 Å². The second-order valence-electron chi connectivity index (χ2n) is 28.1. The van der Waals surface area contributed by atoms with Crippen molar-refractivity contribution in [2.24, 2.45) is 0 Å². The minimum absolute atomic E-state index is 0.108. The fourth-order valence-electron chi connectivity index (χ4n) is 12.1. The zero-order valence-electron chi connectivity index (χ0n) is 63.1. The van der Waals surface area contributed by atoms with Crippen molar-refractivity contribution in [1.82, 2.24) is 0 Å². The zero-order valence-corrected chi connectivity index (χ0v) is 64.8. The Bertz CT molecular complexity index is 1840. The van der Waals surface area contributed by atoms with Gasteiger partial charge < -0.3 is 33.8 Å². The maximum absolute atomic E-state index is 13.1. The van der Waals surface area contributed by atoms with Crippen LogP contribution in [0.5, 0.6) is 0 Å². The Morgan fingerprint density at radius 2 is 0.412 bits per heavy atom. The van der Waals surface area contributed by atoms with Gasteiger partial charge in [-0.1, -0.05) is 368 Å². The molecule has 0 rings (SSSR count). The van der Waals surface area contributed by atoms with E-state index in [0.29, 0.717) is 25.7 Å². The third-order valence-electron chi connectivity index (χ3n) is 18.4. The SMILES string of the molecule is CCCCCCCCCCCCCCCCCCCCCCCC(=O)O[C@H](COC(=O)CCCCCCCCCCCCCCCCC)COP(=O)(O)OC[C@@H](O)COP(=O)(O)OC[C@@H](COC(=O)CCCCCCCCCC)OC(=O)CCCCCCCCCCCCCCC. The van der Waals surface area contributed by atoms with E-state index in [1.165, 1.54) is 250 Å². The molecule has 97 heavy (non-hydrogen) atoms. The second kappa shape index (κ2) is 72.4. The number of hydrogen-bond donors (Lipinski definition) is 3. The number of phosphoric ester groups is 2. The van der Waals surface area contributed by atoms with Crippen molar-refractivity contribution in [3.63, 3.8) is 0 Å². The molecule has 0 radical (unpaired) electrons. The lowest BCUT2D eigenvalue weighted by atomic mass is 10.0. The van der Waals surface area contributed by atoms with Crippen molar-refractivity contribution >= 4 is 39.5 Å². The van der Waals surface area contributed by atoms with Crippen LogP contribution in [-0.4, -0.2) is 96.7 Å². The van der Waals surface area contributed by atoms with Gasteiger partial charge in [0.05, 0.1) is 26.4 Å². The predicted octanol–water partition coefficient (Wildman–Crippen LogP) is 23.4. The number of esters is 4. The third-order valence-corrected chi connectivity index (χ3v) is 20.3. The molecule has 0 aromatic heterocycles. The van der Waals surface area contributed by atoms with Crippen molar-refractivity contribution < 1.29 is 80.2 Å². The number of carbonyl (C=O) groups excluding carboxylic acids is 4. The van der Waals surface area contributed by atoms with Crippen LogP contribution in [0.4, 0.5) is 0 Å². The number of carbonyl (C=O) groups is 4. The quantitative estimate of drug-likeness (QED) is 0.0222. The van der Waals surface area contributed by atoms with Crippen LogP contribution in [0.2, 0.25) is 0 Å². The van der Waals surface area contributed by atoms with Crippen molar-refractivity contribution in [2.45, 2.75) is 438 Å². The normalized spacial score (nSPS) is 13.8. The lowest BCUT2D eigenvalue weighted by Gasteiger charge is -2.21.